The average molecular weight is 319 g/mol. The number of aliphatic carboxylic acids is 1. The van der Waals surface area contributed by atoms with Gasteiger partial charge in [0.25, 0.3) is 0 Å². The first-order valence-electron chi connectivity index (χ1n) is 6.90. The minimum Gasteiger partial charge on any atom is -0.481 e. The fourth-order valence-corrected chi connectivity index (χ4v) is 2.81. The van der Waals surface area contributed by atoms with Crippen LogP contribution in [0.3, 0.4) is 0 Å². The summed E-state index contributed by atoms with van der Waals surface area (Å²) >= 11 is 1.09. The van der Waals surface area contributed by atoms with Crippen LogP contribution in [0.5, 0.6) is 0 Å². The number of amidine groups is 1. The van der Waals surface area contributed by atoms with E-state index in [4.69, 9.17) is 5.11 Å². The van der Waals surface area contributed by atoms with E-state index < -0.39 is 11.2 Å². The lowest BCUT2D eigenvalue weighted by molar-refractivity contribution is -0.138. The molecular weight excluding hydrogens is 302 g/mol. The van der Waals surface area contributed by atoms with Crippen LogP contribution in [0.1, 0.15) is 31.4 Å². The van der Waals surface area contributed by atoms with Gasteiger partial charge in [-0.15, -0.1) is 5.10 Å². The van der Waals surface area contributed by atoms with Crippen LogP contribution in [0, 0.1) is 0 Å². The Kier molecular flexibility index (Phi) is 5.32. The third-order valence-electron chi connectivity index (χ3n) is 3.21. The van der Waals surface area contributed by atoms with Gasteiger partial charge in [0.2, 0.25) is 5.91 Å². The number of hydrogen-bond acceptors (Lipinski definition) is 5. The molecule has 7 heteroatoms. The Balaban J connectivity index is 2.06. The van der Waals surface area contributed by atoms with Gasteiger partial charge in [0, 0.05) is 0 Å². The van der Waals surface area contributed by atoms with Gasteiger partial charge in [-0.25, -0.2) is 0 Å². The highest BCUT2D eigenvalue weighted by molar-refractivity contribution is 8.15. The van der Waals surface area contributed by atoms with Crippen molar-refractivity contribution in [2.75, 3.05) is 0 Å². The zero-order valence-corrected chi connectivity index (χ0v) is 13.2. The predicted octanol–water partition coefficient (Wildman–Crippen LogP) is 2.04. The minimum atomic E-state index is -1.01. The number of amides is 1. The van der Waals surface area contributed by atoms with E-state index in [1.54, 1.807) is 0 Å². The summed E-state index contributed by atoms with van der Waals surface area (Å²) in [7, 11) is 0. The molecule has 1 aliphatic heterocycles. The van der Waals surface area contributed by atoms with Crippen molar-refractivity contribution in [2.24, 2.45) is 10.2 Å². The Morgan fingerprint density at radius 2 is 2.05 bits per heavy atom. The zero-order valence-electron chi connectivity index (χ0n) is 12.4. The first-order chi connectivity index (χ1) is 10.5. The second-order valence-electron chi connectivity index (χ2n) is 4.83. The quantitative estimate of drug-likeness (QED) is 0.642. The van der Waals surface area contributed by atoms with E-state index in [0.29, 0.717) is 5.17 Å². The van der Waals surface area contributed by atoms with E-state index in [9.17, 15) is 9.59 Å². The lowest BCUT2D eigenvalue weighted by Crippen LogP contribution is -2.26. The van der Waals surface area contributed by atoms with Crippen LogP contribution in [0.2, 0.25) is 0 Å². The van der Waals surface area contributed by atoms with Crippen molar-refractivity contribution in [3.8, 4) is 0 Å². The monoisotopic (exact) mass is 319 g/mol. The molecule has 2 N–H and O–H groups in total. The van der Waals surface area contributed by atoms with Crippen LogP contribution in [0.15, 0.2) is 34.5 Å². The highest BCUT2D eigenvalue weighted by Crippen LogP contribution is 2.22. The molecule has 0 bridgehead atoms. The molecule has 0 spiro atoms. The van der Waals surface area contributed by atoms with Crippen molar-refractivity contribution < 1.29 is 14.7 Å². The number of nitrogens with one attached hydrogen (secondary N) is 1. The summed E-state index contributed by atoms with van der Waals surface area (Å²) in [6.07, 6.45) is 0.753. The number of nitrogens with zero attached hydrogens (tertiary/aromatic N) is 2. The van der Waals surface area contributed by atoms with Crippen LogP contribution in [0.4, 0.5) is 0 Å². The smallest absolute Gasteiger partial charge is 0.305 e. The maximum Gasteiger partial charge on any atom is 0.305 e. The number of aryl methyl sites for hydroxylation is 1. The van der Waals surface area contributed by atoms with Crippen molar-refractivity contribution in [1.29, 1.82) is 0 Å². The molecule has 1 heterocycles. The van der Waals surface area contributed by atoms with Gasteiger partial charge in [-0.2, -0.15) is 5.10 Å². The molecule has 116 valence electrons. The number of carboxylic acids is 1. The Morgan fingerprint density at radius 3 is 2.64 bits per heavy atom. The Bertz CT molecular complexity index is 638. The molecule has 1 aromatic rings. The molecule has 1 saturated heterocycles. The Labute approximate surface area is 132 Å². The van der Waals surface area contributed by atoms with Gasteiger partial charge in [0.15, 0.2) is 5.17 Å². The molecule has 0 aliphatic carbocycles. The summed E-state index contributed by atoms with van der Waals surface area (Å²) < 4.78 is 0. The summed E-state index contributed by atoms with van der Waals surface area (Å²) in [6.45, 7) is 3.93. The molecule has 1 atom stereocenters. The Hall–Kier alpha value is -2.15. The van der Waals surface area contributed by atoms with Crippen molar-refractivity contribution in [2.45, 2.75) is 31.9 Å². The molecule has 0 aromatic heterocycles. The highest BCUT2D eigenvalue weighted by Gasteiger charge is 2.32. The maximum atomic E-state index is 11.6. The van der Waals surface area contributed by atoms with Crippen molar-refractivity contribution >= 4 is 34.5 Å². The lowest BCUT2D eigenvalue weighted by Gasteiger charge is -2.01. The third-order valence-corrected chi connectivity index (χ3v) is 4.28. The highest BCUT2D eigenvalue weighted by atomic mass is 32.2. The first kappa shape index (κ1) is 16.2. The number of carbonyl (C=O) groups excluding carboxylic acids is 1. The van der Waals surface area contributed by atoms with Gasteiger partial charge in [0.05, 0.1) is 12.1 Å². The van der Waals surface area contributed by atoms with E-state index in [1.807, 2.05) is 31.2 Å². The minimum absolute atomic E-state index is 0.225. The number of benzene rings is 1. The molecule has 1 fully saturated rings. The number of hydrogen-bond donors (Lipinski definition) is 2. The van der Waals surface area contributed by atoms with Gasteiger partial charge in [-0.05, 0) is 24.5 Å². The predicted molar refractivity (Wildman–Crippen MR) is 87.2 cm³/mol. The fraction of sp³-hybridized carbons (Fsp3) is 0.333. The zero-order chi connectivity index (χ0) is 16.1. The van der Waals surface area contributed by atoms with Crippen LogP contribution in [0.25, 0.3) is 0 Å². The SMILES string of the molecule is CCc1ccc(/C(C)=N\N=C2\NC(=O)[C@@H](CC(=O)O)S2)cc1. The molecular formula is C15H17N3O3S. The lowest BCUT2D eigenvalue weighted by atomic mass is 10.1. The van der Waals surface area contributed by atoms with Crippen LogP contribution < -0.4 is 5.32 Å². The summed E-state index contributed by atoms with van der Waals surface area (Å²) in [5.74, 6) is -1.35. The standard InChI is InChI=1S/C15H17N3O3S/c1-3-10-4-6-11(7-5-10)9(2)17-18-15-16-14(21)12(22-15)8-13(19)20/h4-7,12H,3,8H2,1-2H3,(H,19,20)(H,16,18,21)/b17-9-/t12-/m1/s1. The molecule has 1 aromatic carbocycles. The third kappa shape index (κ3) is 4.17. The van der Waals surface area contributed by atoms with Gasteiger partial charge < -0.3 is 10.4 Å². The summed E-state index contributed by atoms with van der Waals surface area (Å²) in [5.41, 5.74) is 2.93. The topological polar surface area (TPSA) is 91.1 Å². The molecule has 0 saturated carbocycles. The van der Waals surface area contributed by atoms with Gasteiger partial charge in [0.1, 0.15) is 5.25 Å². The average Bonchev–Trinajstić information content (AvgIpc) is 2.84. The largest absolute Gasteiger partial charge is 0.481 e. The second kappa shape index (κ2) is 7.22. The van der Waals surface area contributed by atoms with Crippen molar-refractivity contribution in [3.63, 3.8) is 0 Å². The number of thioether (sulfide) groups is 1. The second-order valence-corrected chi connectivity index (χ2v) is 6.03. The van der Waals surface area contributed by atoms with Gasteiger partial charge in [-0.1, -0.05) is 43.0 Å². The fourth-order valence-electron chi connectivity index (χ4n) is 1.90. The number of carboxylic acid groups (broad SMARTS) is 1. The maximum absolute atomic E-state index is 11.6. The molecule has 6 nitrogen and oxygen atoms in total. The van der Waals surface area contributed by atoms with E-state index in [-0.39, 0.29) is 12.3 Å². The molecule has 1 amide bonds. The van der Waals surface area contributed by atoms with Gasteiger partial charge in [-0.3, -0.25) is 9.59 Å². The molecule has 2 rings (SSSR count). The number of carbonyl (C=O) groups is 2. The normalized spacial score (nSPS) is 20.3. The van der Waals surface area contributed by atoms with Crippen LogP contribution in [-0.2, 0) is 16.0 Å². The van der Waals surface area contributed by atoms with E-state index in [0.717, 1.165) is 29.5 Å². The van der Waals surface area contributed by atoms with Gasteiger partial charge >= 0.3 is 5.97 Å². The van der Waals surface area contributed by atoms with Crippen LogP contribution in [-0.4, -0.2) is 33.1 Å². The summed E-state index contributed by atoms with van der Waals surface area (Å²) in [5, 5.41) is 19.1. The van der Waals surface area contributed by atoms with Crippen molar-refractivity contribution in [1.82, 2.24) is 5.32 Å². The van der Waals surface area contributed by atoms with E-state index in [2.05, 4.69) is 22.4 Å². The van der Waals surface area contributed by atoms with E-state index in [1.165, 1.54) is 5.56 Å². The van der Waals surface area contributed by atoms with Crippen molar-refractivity contribution in [3.05, 3.63) is 35.4 Å². The molecule has 0 radical (unpaired) electrons. The number of rotatable bonds is 5. The van der Waals surface area contributed by atoms with E-state index >= 15 is 0 Å². The summed E-state index contributed by atoms with van der Waals surface area (Å²) in [4.78, 5) is 22.2. The first-order valence-corrected chi connectivity index (χ1v) is 7.78. The molecule has 1 aliphatic rings. The Morgan fingerprint density at radius 1 is 1.36 bits per heavy atom. The summed E-state index contributed by atoms with van der Waals surface area (Å²) in [6, 6.07) is 8.03. The van der Waals surface area contributed by atoms with Crippen LogP contribution >= 0.6 is 11.8 Å². The molecule has 0 unspecified atom stereocenters. The molecule has 22 heavy (non-hydrogen) atoms.